The molecule has 2 heterocycles. The van der Waals surface area contributed by atoms with Crippen LogP contribution in [0.25, 0.3) is 0 Å². The molecule has 1 fully saturated rings. The monoisotopic (exact) mass is 191 g/mol. The lowest BCUT2D eigenvalue weighted by molar-refractivity contribution is 0.456. The molecule has 1 aromatic rings. The van der Waals surface area contributed by atoms with E-state index in [4.69, 9.17) is 0 Å². The Kier molecular flexibility index (Phi) is 1.87. The first-order chi connectivity index (χ1) is 6.86. The molecular formula is C11H17N3. The number of hydrogen-bond donors (Lipinski definition) is 1. The molecule has 1 aromatic heterocycles. The van der Waals surface area contributed by atoms with E-state index in [2.05, 4.69) is 21.8 Å². The molecule has 0 amide bonds. The lowest BCUT2D eigenvalue weighted by Crippen LogP contribution is -2.26. The molecule has 1 saturated carbocycles. The van der Waals surface area contributed by atoms with Crippen molar-refractivity contribution in [1.82, 2.24) is 14.9 Å². The number of fused-ring (bicyclic) bond motifs is 1. The van der Waals surface area contributed by atoms with Crippen LogP contribution in [0.15, 0.2) is 6.33 Å². The maximum atomic E-state index is 4.51. The molecule has 1 aliphatic carbocycles. The third kappa shape index (κ3) is 1.27. The zero-order valence-electron chi connectivity index (χ0n) is 8.66. The molecule has 0 spiro atoms. The van der Waals surface area contributed by atoms with E-state index < -0.39 is 0 Å². The molecule has 0 radical (unpaired) electrons. The minimum absolute atomic E-state index is 0.658. The van der Waals surface area contributed by atoms with E-state index >= 15 is 0 Å². The molecule has 1 N–H and O–H groups in total. The van der Waals surface area contributed by atoms with Crippen LogP contribution in [0.2, 0.25) is 0 Å². The second kappa shape index (κ2) is 3.09. The Labute approximate surface area is 84.5 Å². The van der Waals surface area contributed by atoms with Crippen molar-refractivity contribution < 1.29 is 0 Å². The molecule has 1 aliphatic heterocycles. The van der Waals surface area contributed by atoms with Gasteiger partial charge in [-0.3, -0.25) is 0 Å². The summed E-state index contributed by atoms with van der Waals surface area (Å²) in [5, 5.41) is 3.42. The number of aromatic nitrogens is 2. The second-order valence-electron chi connectivity index (χ2n) is 4.55. The zero-order chi connectivity index (χ0) is 9.54. The second-order valence-corrected chi connectivity index (χ2v) is 4.55. The lowest BCUT2D eigenvalue weighted by Gasteiger charge is -2.19. The predicted octanol–water partition coefficient (Wildman–Crippen LogP) is 1.50. The number of nitrogens with zero attached hydrogens (tertiary/aromatic N) is 2. The van der Waals surface area contributed by atoms with E-state index in [1.807, 2.05) is 6.33 Å². The number of nitrogens with one attached hydrogen (secondary N) is 1. The first-order valence-electron chi connectivity index (χ1n) is 5.61. The van der Waals surface area contributed by atoms with E-state index in [-0.39, 0.29) is 0 Å². The van der Waals surface area contributed by atoms with Crippen LogP contribution in [0, 0.1) is 5.92 Å². The van der Waals surface area contributed by atoms with Gasteiger partial charge in [-0.2, -0.15) is 0 Å². The van der Waals surface area contributed by atoms with Crippen molar-refractivity contribution >= 4 is 0 Å². The van der Waals surface area contributed by atoms with Gasteiger partial charge in [0.2, 0.25) is 0 Å². The van der Waals surface area contributed by atoms with Crippen molar-refractivity contribution in [3.63, 3.8) is 0 Å². The van der Waals surface area contributed by atoms with Crippen molar-refractivity contribution in [2.75, 3.05) is 6.54 Å². The van der Waals surface area contributed by atoms with Gasteiger partial charge < -0.3 is 9.88 Å². The molecular weight excluding hydrogens is 174 g/mol. The van der Waals surface area contributed by atoms with Crippen molar-refractivity contribution in [2.45, 2.75) is 38.8 Å². The summed E-state index contributed by atoms with van der Waals surface area (Å²) in [6, 6.07) is 0.658. The number of hydrogen-bond acceptors (Lipinski definition) is 2. The van der Waals surface area contributed by atoms with Gasteiger partial charge in [-0.15, -0.1) is 0 Å². The average molecular weight is 191 g/mol. The van der Waals surface area contributed by atoms with Crippen molar-refractivity contribution in [3.05, 3.63) is 17.7 Å². The highest BCUT2D eigenvalue weighted by molar-refractivity contribution is 5.17. The van der Waals surface area contributed by atoms with Gasteiger partial charge in [-0.25, -0.2) is 4.98 Å². The van der Waals surface area contributed by atoms with Crippen LogP contribution in [-0.2, 0) is 13.0 Å². The molecule has 14 heavy (non-hydrogen) atoms. The molecule has 0 bridgehead atoms. The quantitative estimate of drug-likeness (QED) is 0.767. The summed E-state index contributed by atoms with van der Waals surface area (Å²) in [7, 11) is 0. The van der Waals surface area contributed by atoms with Crippen molar-refractivity contribution in [3.8, 4) is 0 Å². The molecule has 3 heteroatoms. The summed E-state index contributed by atoms with van der Waals surface area (Å²) < 4.78 is 2.39. The molecule has 1 atom stereocenters. The Morgan fingerprint density at radius 1 is 1.57 bits per heavy atom. The van der Waals surface area contributed by atoms with Crippen LogP contribution in [0.3, 0.4) is 0 Å². The summed E-state index contributed by atoms with van der Waals surface area (Å²) in [6.07, 6.45) is 5.95. The van der Waals surface area contributed by atoms with Crippen LogP contribution in [0.5, 0.6) is 0 Å². The van der Waals surface area contributed by atoms with Gasteiger partial charge in [0.15, 0.2) is 0 Å². The highest BCUT2D eigenvalue weighted by atomic mass is 15.1. The first-order valence-corrected chi connectivity index (χ1v) is 5.61. The summed E-state index contributed by atoms with van der Waals surface area (Å²) in [5.74, 6) is 0.912. The smallest absolute Gasteiger partial charge is 0.0954 e. The summed E-state index contributed by atoms with van der Waals surface area (Å²) in [5.41, 5.74) is 2.74. The molecule has 1 unspecified atom stereocenters. The Morgan fingerprint density at radius 3 is 3.21 bits per heavy atom. The predicted molar refractivity (Wildman–Crippen MR) is 55.1 cm³/mol. The van der Waals surface area contributed by atoms with Crippen molar-refractivity contribution in [2.24, 2.45) is 5.92 Å². The van der Waals surface area contributed by atoms with E-state index in [0.717, 1.165) is 25.4 Å². The largest absolute Gasteiger partial charge is 0.330 e. The summed E-state index contributed by atoms with van der Waals surface area (Å²) >= 11 is 0. The Hall–Kier alpha value is -0.830. The molecule has 3 rings (SSSR count). The van der Waals surface area contributed by atoms with Crippen LogP contribution in [0.4, 0.5) is 0 Å². The number of imidazole rings is 1. The topological polar surface area (TPSA) is 29.9 Å². The standard InChI is InChI=1S/C11H17N3/c1-8(9-2-3-9)14-7-13-10-4-5-12-6-11(10)14/h7-9,12H,2-6H2,1H3. The van der Waals surface area contributed by atoms with E-state index in [0.29, 0.717) is 6.04 Å². The SMILES string of the molecule is CC(C1CC1)n1cnc2c1CNCC2. The van der Waals surface area contributed by atoms with E-state index in [9.17, 15) is 0 Å². The fraction of sp³-hybridized carbons (Fsp3) is 0.727. The van der Waals surface area contributed by atoms with Gasteiger partial charge in [-0.05, 0) is 25.7 Å². The average Bonchev–Trinajstić information content (AvgIpc) is 2.97. The van der Waals surface area contributed by atoms with E-state index in [1.54, 1.807) is 0 Å². The number of rotatable bonds is 2. The summed E-state index contributed by atoms with van der Waals surface area (Å²) in [4.78, 5) is 4.51. The lowest BCUT2D eigenvalue weighted by atomic mass is 10.1. The third-order valence-electron chi connectivity index (χ3n) is 3.56. The highest BCUT2D eigenvalue weighted by Gasteiger charge is 2.31. The normalized spacial score (nSPS) is 23.2. The van der Waals surface area contributed by atoms with Crippen molar-refractivity contribution in [1.29, 1.82) is 0 Å². The Balaban J connectivity index is 1.92. The van der Waals surface area contributed by atoms with Gasteiger partial charge in [0, 0.05) is 25.6 Å². The van der Waals surface area contributed by atoms with Crippen LogP contribution >= 0.6 is 0 Å². The van der Waals surface area contributed by atoms with Crippen LogP contribution < -0.4 is 5.32 Å². The molecule has 2 aliphatic rings. The molecule has 76 valence electrons. The van der Waals surface area contributed by atoms with Gasteiger partial charge >= 0.3 is 0 Å². The maximum Gasteiger partial charge on any atom is 0.0954 e. The van der Waals surface area contributed by atoms with E-state index in [1.165, 1.54) is 24.2 Å². The fourth-order valence-electron chi connectivity index (χ4n) is 2.40. The fourth-order valence-corrected chi connectivity index (χ4v) is 2.40. The summed E-state index contributed by atoms with van der Waals surface area (Å²) in [6.45, 7) is 4.42. The molecule has 0 saturated heterocycles. The minimum atomic E-state index is 0.658. The first kappa shape index (κ1) is 8.48. The van der Waals surface area contributed by atoms with Gasteiger partial charge in [0.05, 0.1) is 17.7 Å². The Bertz CT molecular complexity index is 338. The minimum Gasteiger partial charge on any atom is -0.330 e. The zero-order valence-corrected chi connectivity index (χ0v) is 8.66. The van der Waals surface area contributed by atoms with Gasteiger partial charge in [0.1, 0.15) is 0 Å². The van der Waals surface area contributed by atoms with Gasteiger partial charge in [0.25, 0.3) is 0 Å². The Morgan fingerprint density at radius 2 is 2.43 bits per heavy atom. The molecule has 3 nitrogen and oxygen atoms in total. The molecule has 0 aromatic carbocycles. The van der Waals surface area contributed by atoms with Gasteiger partial charge in [-0.1, -0.05) is 0 Å². The third-order valence-corrected chi connectivity index (χ3v) is 3.56. The highest BCUT2D eigenvalue weighted by Crippen LogP contribution is 2.40. The van der Waals surface area contributed by atoms with Crippen LogP contribution in [-0.4, -0.2) is 16.1 Å². The maximum absolute atomic E-state index is 4.51. The van der Waals surface area contributed by atoms with Crippen LogP contribution in [0.1, 0.15) is 37.2 Å².